The van der Waals surface area contributed by atoms with Gasteiger partial charge in [0.1, 0.15) is 17.3 Å². The number of hydrogen-bond donors (Lipinski definition) is 1. The summed E-state index contributed by atoms with van der Waals surface area (Å²) < 4.78 is 10.4. The van der Waals surface area contributed by atoms with Gasteiger partial charge >= 0.3 is 5.97 Å². The molecular formula is C11H11ClNO3+. The zero-order chi connectivity index (χ0) is 11.5. The van der Waals surface area contributed by atoms with Crippen LogP contribution in [0.5, 0.6) is 5.75 Å². The summed E-state index contributed by atoms with van der Waals surface area (Å²) in [7, 11) is 0. The lowest BCUT2D eigenvalue weighted by Gasteiger charge is -2.03. The number of carbonyl (C=O) groups excluding carboxylic acids is 1. The lowest BCUT2D eigenvalue weighted by Crippen LogP contribution is -2.55. The second-order valence-corrected chi connectivity index (χ2v) is 3.68. The standard InChI is InChI=1S/C11H10ClNO3/c12-9-8(6-13)16-11(14)10(9)15-7-4-2-1-3-5-7/h1-5,8H,6,13H2/p+1. The number of benzene rings is 1. The molecule has 0 saturated heterocycles. The SMILES string of the molecule is [NH3+]CC1OC(=O)C(Oc2ccccc2)=C1Cl. The molecule has 0 fully saturated rings. The molecule has 1 aromatic rings. The van der Waals surface area contributed by atoms with Crippen molar-refractivity contribution in [2.24, 2.45) is 0 Å². The van der Waals surface area contributed by atoms with Crippen molar-refractivity contribution >= 4 is 17.6 Å². The molecule has 1 aromatic carbocycles. The quantitative estimate of drug-likeness (QED) is 0.791. The molecule has 3 N–H and O–H groups in total. The zero-order valence-electron chi connectivity index (χ0n) is 8.48. The normalized spacial score (nSPS) is 19.9. The van der Waals surface area contributed by atoms with Crippen molar-refractivity contribution in [2.75, 3.05) is 6.54 Å². The Hall–Kier alpha value is -1.52. The highest BCUT2D eigenvalue weighted by Gasteiger charge is 2.35. The van der Waals surface area contributed by atoms with Gasteiger partial charge in [-0.2, -0.15) is 0 Å². The number of hydrogen-bond acceptors (Lipinski definition) is 3. The fourth-order valence-corrected chi connectivity index (χ4v) is 1.63. The topological polar surface area (TPSA) is 63.2 Å². The number of cyclic esters (lactones) is 1. The highest BCUT2D eigenvalue weighted by atomic mass is 35.5. The lowest BCUT2D eigenvalue weighted by molar-refractivity contribution is -0.379. The van der Waals surface area contributed by atoms with Crippen molar-refractivity contribution in [2.45, 2.75) is 6.10 Å². The van der Waals surface area contributed by atoms with E-state index in [0.29, 0.717) is 12.3 Å². The Labute approximate surface area is 97.6 Å². The third-order valence-corrected chi connectivity index (χ3v) is 2.57. The van der Waals surface area contributed by atoms with Crippen molar-refractivity contribution in [3.63, 3.8) is 0 Å². The third-order valence-electron chi connectivity index (χ3n) is 2.16. The summed E-state index contributed by atoms with van der Waals surface area (Å²) in [4.78, 5) is 11.4. The Balaban J connectivity index is 2.21. The molecule has 0 amide bonds. The number of halogens is 1. The van der Waals surface area contributed by atoms with E-state index in [1.54, 1.807) is 12.1 Å². The molecule has 0 bridgehead atoms. The van der Waals surface area contributed by atoms with Gasteiger partial charge in [-0.25, -0.2) is 4.79 Å². The summed E-state index contributed by atoms with van der Waals surface area (Å²) >= 11 is 5.96. The van der Waals surface area contributed by atoms with Crippen LogP contribution in [-0.4, -0.2) is 18.6 Å². The lowest BCUT2D eigenvalue weighted by atomic mass is 10.3. The van der Waals surface area contributed by atoms with Gasteiger partial charge in [0.05, 0.1) is 0 Å². The third kappa shape index (κ3) is 2.03. The van der Waals surface area contributed by atoms with E-state index in [0.717, 1.165) is 0 Å². The van der Waals surface area contributed by atoms with Crippen LogP contribution < -0.4 is 10.5 Å². The first-order valence-electron chi connectivity index (χ1n) is 4.85. The van der Waals surface area contributed by atoms with Gasteiger partial charge in [0.15, 0.2) is 6.10 Å². The van der Waals surface area contributed by atoms with Crippen LogP contribution in [-0.2, 0) is 9.53 Å². The molecule has 16 heavy (non-hydrogen) atoms. The highest BCUT2D eigenvalue weighted by Crippen LogP contribution is 2.27. The van der Waals surface area contributed by atoms with Crippen LogP contribution in [0.4, 0.5) is 0 Å². The molecule has 0 radical (unpaired) electrons. The number of carbonyl (C=O) groups is 1. The largest absolute Gasteiger partial charge is 0.448 e. The van der Waals surface area contributed by atoms with Crippen molar-refractivity contribution in [3.05, 3.63) is 41.1 Å². The Morgan fingerprint density at radius 3 is 2.62 bits per heavy atom. The number of quaternary nitrogens is 1. The molecule has 1 atom stereocenters. The number of para-hydroxylation sites is 1. The predicted molar refractivity (Wildman–Crippen MR) is 57.6 cm³/mol. The fraction of sp³-hybridized carbons (Fsp3) is 0.182. The van der Waals surface area contributed by atoms with Crippen molar-refractivity contribution in [3.8, 4) is 5.75 Å². The van der Waals surface area contributed by atoms with E-state index in [2.05, 4.69) is 5.73 Å². The first-order valence-corrected chi connectivity index (χ1v) is 5.23. The Bertz CT molecular complexity index is 430. The molecule has 1 aliphatic heterocycles. The monoisotopic (exact) mass is 240 g/mol. The van der Waals surface area contributed by atoms with Crippen molar-refractivity contribution in [1.29, 1.82) is 0 Å². The Morgan fingerprint density at radius 1 is 1.38 bits per heavy atom. The van der Waals surface area contributed by atoms with Gasteiger partial charge in [-0.1, -0.05) is 29.8 Å². The summed E-state index contributed by atoms with van der Waals surface area (Å²) in [6.07, 6.45) is -0.479. The van der Waals surface area contributed by atoms with E-state index in [9.17, 15) is 4.79 Å². The predicted octanol–water partition coefficient (Wildman–Crippen LogP) is 0.683. The van der Waals surface area contributed by atoms with E-state index in [-0.39, 0.29) is 10.8 Å². The molecule has 1 aliphatic rings. The Kier molecular flexibility index (Phi) is 3.12. The van der Waals surface area contributed by atoms with Gasteiger partial charge in [0.25, 0.3) is 0 Å². The molecule has 0 aliphatic carbocycles. The van der Waals surface area contributed by atoms with Crippen LogP contribution in [0.3, 0.4) is 0 Å². The van der Waals surface area contributed by atoms with Crippen LogP contribution in [0.25, 0.3) is 0 Å². The molecule has 2 rings (SSSR count). The molecule has 5 heteroatoms. The van der Waals surface area contributed by atoms with Gasteiger partial charge < -0.3 is 15.2 Å². The second kappa shape index (κ2) is 4.55. The van der Waals surface area contributed by atoms with Gasteiger partial charge in [-0.05, 0) is 12.1 Å². The van der Waals surface area contributed by atoms with Crippen molar-refractivity contribution < 1.29 is 20.0 Å². The molecule has 84 valence electrons. The average Bonchev–Trinajstić information content (AvgIpc) is 2.58. The van der Waals surface area contributed by atoms with Gasteiger partial charge in [0, 0.05) is 0 Å². The van der Waals surface area contributed by atoms with Crippen LogP contribution in [0.2, 0.25) is 0 Å². The molecule has 1 unspecified atom stereocenters. The fourth-order valence-electron chi connectivity index (χ4n) is 1.36. The minimum absolute atomic E-state index is 0.0570. The van der Waals surface area contributed by atoms with E-state index >= 15 is 0 Å². The second-order valence-electron chi connectivity index (χ2n) is 3.27. The molecule has 1 heterocycles. The first-order chi connectivity index (χ1) is 7.72. The number of ether oxygens (including phenoxy) is 2. The van der Waals surface area contributed by atoms with E-state index < -0.39 is 12.1 Å². The zero-order valence-corrected chi connectivity index (χ0v) is 9.24. The van der Waals surface area contributed by atoms with Gasteiger partial charge in [-0.15, -0.1) is 0 Å². The number of esters is 1. The van der Waals surface area contributed by atoms with Crippen LogP contribution in [0, 0.1) is 0 Å². The summed E-state index contributed by atoms with van der Waals surface area (Å²) in [6, 6.07) is 8.95. The van der Waals surface area contributed by atoms with E-state index in [1.807, 2.05) is 18.2 Å². The van der Waals surface area contributed by atoms with Crippen LogP contribution in [0.1, 0.15) is 0 Å². The minimum atomic E-state index is -0.539. The molecule has 0 spiro atoms. The molecular weight excluding hydrogens is 230 g/mol. The van der Waals surface area contributed by atoms with Crippen molar-refractivity contribution in [1.82, 2.24) is 0 Å². The summed E-state index contributed by atoms with van der Waals surface area (Å²) in [5.41, 5.74) is 3.64. The van der Waals surface area contributed by atoms with E-state index in [4.69, 9.17) is 21.1 Å². The smallest absolute Gasteiger partial charge is 0.376 e. The number of rotatable bonds is 3. The van der Waals surface area contributed by atoms with Crippen LogP contribution >= 0.6 is 11.6 Å². The van der Waals surface area contributed by atoms with E-state index in [1.165, 1.54) is 0 Å². The highest BCUT2D eigenvalue weighted by molar-refractivity contribution is 6.33. The molecule has 0 saturated carbocycles. The van der Waals surface area contributed by atoms with Crippen LogP contribution in [0.15, 0.2) is 41.1 Å². The molecule has 4 nitrogen and oxygen atoms in total. The maximum atomic E-state index is 11.4. The minimum Gasteiger partial charge on any atom is -0.448 e. The maximum Gasteiger partial charge on any atom is 0.376 e. The summed E-state index contributed by atoms with van der Waals surface area (Å²) in [5.74, 6) is 0.0707. The van der Waals surface area contributed by atoms with Gasteiger partial charge in [0.2, 0.25) is 5.76 Å². The molecule has 0 aromatic heterocycles. The Morgan fingerprint density at radius 2 is 2.06 bits per heavy atom. The van der Waals surface area contributed by atoms with Gasteiger partial charge in [-0.3, -0.25) is 0 Å². The first kappa shape index (κ1) is 11.0. The summed E-state index contributed by atoms with van der Waals surface area (Å²) in [6.45, 7) is 0.395. The maximum absolute atomic E-state index is 11.4. The summed E-state index contributed by atoms with van der Waals surface area (Å²) in [5, 5.41) is 0.281. The average molecular weight is 241 g/mol.